The second-order valence-corrected chi connectivity index (χ2v) is 10.1. The van der Waals surface area contributed by atoms with Gasteiger partial charge in [0.1, 0.15) is 5.75 Å². The van der Waals surface area contributed by atoms with Crippen LogP contribution in [0.1, 0.15) is 37.8 Å². The Balaban J connectivity index is 1.41. The standard InChI is InChI=1S/C25H32N2O4S/c1-20(2)31-24-10-8-22(9-11-24)12-16-26-25(28)23-13-17-27(18-14-23)32(29,30)19-15-21-6-4-3-5-7-21/h3-11,15,19-20,23H,12-14,16-18H2,1-2H3,(H,26,28)/b19-15+. The Hall–Kier alpha value is -2.64. The summed E-state index contributed by atoms with van der Waals surface area (Å²) >= 11 is 0. The van der Waals surface area contributed by atoms with Crippen LogP contribution >= 0.6 is 0 Å². The summed E-state index contributed by atoms with van der Waals surface area (Å²) in [6.07, 6.45) is 3.55. The number of hydrogen-bond donors (Lipinski definition) is 1. The van der Waals surface area contributed by atoms with Crippen molar-refractivity contribution in [3.63, 3.8) is 0 Å². The van der Waals surface area contributed by atoms with Crippen molar-refractivity contribution in [3.05, 3.63) is 71.1 Å². The second-order valence-electron chi connectivity index (χ2n) is 8.28. The molecule has 6 nitrogen and oxygen atoms in total. The largest absolute Gasteiger partial charge is 0.491 e. The average Bonchev–Trinajstić information content (AvgIpc) is 2.79. The third-order valence-corrected chi connectivity index (χ3v) is 6.99. The number of sulfonamides is 1. The van der Waals surface area contributed by atoms with Crippen LogP contribution in [-0.2, 0) is 21.2 Å². The molecule has 3 rings (SSSR count). The van der Waals surface area contributed by atoms with Crippen LogP contribution in [0.15, 0.2) is 60.0 Å². The molecular formula is C25H32N2O4S. The van der Waals surface area contributed by atoms with Crippen molar-refractivity contribution in [1.82, 2.24) is 9.62 Å². The zero-order valence-electron chi connectivity index (χ0n) is 18.7. The molecule has 1 aliphatic rings. The molecule has 0 spiro atoms. The minimum Gasteiger partial charge on any atom is -0.491 e. The maximum Gasteiger partial charge on any atom is 0.236 e. The summed E-state index contributed by atoms with van der Waals surface area (Å²) in [7, 11) is -3.48. The summed E-state index contributed by atoms with van der Waals surface area (Å²) in [6, 6.07) is 17.2. The van der Waals surface area contributed by atoms with Gasteiger partial charge in [-0.15, -0.1) is 0 Å². The Morgan fingerprint density at radius 1 is 1.09 bits per heavy atom. The van der Waals surface area contributed by atoms with E-state index in [1.165, 1.54) is 9.71 Å². The van der Waals surface area contributed by atoms with Crippen LogP contribution in [0.2, 0.25) is 0 Å². The molecule has 0 bridgehead atoms. The number of piperidine rings is 1. The van der Waals surface area contributed by atoms with E-state index in [2.05, 4.69) is 5.32 Å². The number of ether oxygens (including phenoxy) is 1. The maximum absolute atomic E-state index is 12.6. The molecule has 2 aromatic carbocycles. The summed E-state index contributed by atoms with van der Waals surface area (Å²) in [5, 5.41) is 4.25. The maximum atomic E-state index is 12.6. The quantitative estimate of drug-likeness (QED) is 0.622. The molecule has 2 aromatic rings. The summed E-state index contributed by atoms with van der Waals surface area (Å²) in [5.74, 6) is 0.691. The van der Waals surface area contributed by atoms with Crippen molar-refractivity contribution in [2.24, 2.45) is 5.92 Å². The molecule has 1 fully saturated rings. The normalized spacial score (nSPS) is 15.8. The van der Waals surface area contributed by atoms with E-state index in [1.807, 2.05) is 68.4 Å². The number of nitrogens with one attached hydrogen (secondary N) is 1. The van der Waals surface area contributed by atoms with Crippen molar-refractivity contribution in [2.75, 3.05) is 19.6 Å². The van der Waals surface area contributed by atoms with E-state index in [1.54, 1.807) is 6.08 Å². The molecule has 32 heavy (non-hydrogen) atoms. The van der Waals surface area contributed by atoms with E-state index in [-0.39, 0.29) is 17.9 Å². The molecule has 1 heterocycles. The molecule has 1 N–H and O–H groups in total. The number of carbonyl (C=O) groups excluding carboxylic acids is 1. The summed E-state index contributed by atoms with van der Waals surface area (Å²) in [5.41, 5.74) is 1.97. The molecule has 0 aromatic heterocycles. The van der Waals surface area contributed by atoms with E-state index in [4.69, 9.17) is 4.74 Å². The molecule has 1 aliphatic heterocycles. The van der Waals surface area contributed by atoms with E-state index in [0.29, 0.717) is 32.5 Å². The van der Waals surface area contributed by atoms with Gasteiger partial charge in [-0.2, -0.15) is 4.31 Å². The van der Waals surface area contributed by atoms with Gasteiger partial charge >= 0.3 is 0 Å². The van der Waals surface area contributed by atoms with Crippen LogP contribution in [0.25, 0.3) is 6.08 Å². The number of benzene rings is 2. The highest BCUT2D eigenvalue weighted by molar-refractivity contribution is 7.92. The van der Waals surface area contributed by atoms with Crippen LogP contribution in [0.5, 0.6) is 5.75 Å². The van der Waals surface area contributed by atoms with Crippen molar-refractivity contribution in [1.29, 1.82) is 0 Å². The molecule has 0 saturated carbocycles. The smallest absolute Gasteiger partial charge is 0.236 e. The Bertz CT molecular complexity index is 994. The zero-order valence-corrected chi connectivity index (χ0v) is 19.6. The first-order valence-corrected chi connectivity index (χ1v) is 12.6. The molecule has 172 valence electrons. The lowest BCUT2D eigenvalue weighted by molar-refractivity contribution is -0.126. The van der Waals surface area contributed by atoms with Gasteiger partial charge < -0.3 is 10.1 Å². The van der Waals surface area contributed by atoms with Crippen molar-refractivity contribution in [2.45, 2.75) is 39.2 Å². The first kappa shape index (κ1) is 24.0. The van der Waals surface area contributed by atoms with Crippen LogP contribution < -0.4 is 10.1 Å². The van der Waals surface area contributed by atoms with Gasteiger partial charge in [-0.25, -0.2) is 8.42 Å². The van der Waals surface area contributed by atoms with Gasteiger partial charge in [0.05, 0.1) is 6.10 Å². The van der Waals surface area contributed by atoms with Crippen LogP contribution in [0, 0.1) is 5.92 Å². The minimum absolute atomic E-state index is 0.00152. The summed E-state index contributed by atoms with van der Waals surface area (Å²) in [4.78, 5) is 12.5. The molecule has 1 saturated heterocycles. The SMILES string of the molecule is CC(C)Oc1ccc(CCNC(=O)C2CCN(S(=O)(=O)/C=C/c3ccccc3)CC2)cc1. The molecule has 0 radical (unpaired) electrons. The van der Waals surface area contributed by atoms with Crippen LogP contribution in [0.4, 0.5) is 0 Å². The Kier molecular flexibility index (Phi) is 8.47. The van der Waals surface area contributed by atoms with Gasteiger partial charge in [-0.05, 0) is 62.4 Å². The molecular weight excluding hydrogens is 424 g/mol. The topological polar surface area (TPSA) is 75.7 Å². The lowest BCUT2D eigenvalue weighted by Gasteiger charge is -2.29. The lowest BCUT2D eigenvalue weighted by atomic mass is 9.97. The van der Waals surface area contributed by atoms with E-state index in [9.17, 15) is 13.2 Å². The van der Waals surface area contributed by atoms with Crippen LogP contribution in [0.3, 0.4) is 0 Å². The van der Waals surface area contributed by atoms with Gasteiger partial charge in [-0.3, -0.25) is 4.79 Å². The lowest BCUT2D eigenvalue weighted by Crippen LogP contribution is -2.42. The van der Waals surface area contributed by atoms with Gasteiger partial charge in [-0.1, -0.05) is 42.5 Å². The molecule has 0 unspecified atom stereocenters. The van der Waals surface area contributed by atoms with Gasteiger partial charge in [0.25, 0.3) is 0 Å². The molecule has 1 amide bonds. The van der Waals surface area contributed by atoms with Crippen molar-refractivity contribution >= 4 is 22.0 Å². The third-order valence-electron chi connectivity index (χ3n) is 5.42. The van der Waals surface area contributed by atoms with Gasteiger partial charge in [0.2, 0.25) is 15.9 Å². The fraction of sp³-hybridized carbons (Fsp3) is 0.400. The third kappa shape index (κ3) is 7.21. The van der Waals surface area contributed by atoms with Gasteiger partial charge in [0.15, 0.2) is 0 Å². The number of nitrogens with zero attached hydrogens (tertiary/aromatic N) is 1. The highest BCUT2D eigenvalue weighted by Crippen LogP contribution is 2.21. The summed E-state index contributed by atoms with van der Waals surface area (Å²) < 4.78 is 32.2. The predicted molar refractivity (Wildman–Crippen MR) is 128 cm³/mol. The number of rotatable bonds is 9. The first-order chi connectivity index (χ1) is 15.3. The van der Waals surface area contributed by atoms with E-state index in [0.717, 1.165) is 23.3 Å². The zero-order chi connectivity index (χ0) is 23.0. The van der Waals surface area contributed by atoms with Gasteiger partial charge in [0, 0.05) is 31.0 Å². The fourth-order valence-electron chi connectivity index (χ4n) is 3.67. The summed E-state index contributed by atoms with van der Waals surface area (Å²) in [6.45, 7) is 5.25. The highest BCUT2D eigenvalue weighted by Gasteiger charge is 2.29. The number of amides is 1. The second kappa shape index (κ2) is 11.3. The van der Waals surface area contributed by atoms with E-state index < -0.39 is 10.0 Å². The number of carbonyl (C=O) groups is 1. The highest BCUT2D eigenvalue weighted by atomic mass is 32.2. The molecule has 0 aliphatic carbocycles. The van der Waals surface area contributed by atoms with Crippen molar-refractivity contribution < 1.29 is 17.9 Å². The van der Waals surface area contributed by atoms with Crippen LogP contribution in [-0.4, -0.2) is 44.4 Å². The monoisotopic (exact) mass is 456 g/mol. The Morgan fingerprint density at radius 2 is 1.75 bits per heavy atom. The average molecular weight is 457 g/mol. The first-order valence-electron chi connectivity index (χ1n) is 11.1. The van der Waals surface area contributed by atoms with Crippen molar-refractivity contribution in [3.8, 4) is 5.75 Å². The number of hydrogen-bond acceptors (Lipinski definition) is 4. The fourth-order valence-corrected chi connectivity index (χ4v) is 4.89. The molecule has 0 atom stereocenters. The molecule has 7 heteroatoms. The minimum atomic E-state index is -3.48. The Morgan fingerprint density at radius 3 is 2.38 bits per heavy atom. The van der Waals surface area contributed by atoms with E-state index >= 15 is 0 Å². The Labute approximate surface area is 191 Å². The predicted octanol–water partition coefficient (Wildman–Crippen LogP) is 3.85.